The predicted octanol–water partition coefficient (Wildman–Crippen LogP) is 2.72. The number of fused-ring (bicyclic) bond motifs is 2. The number of carbonyl (C=O) groups is 1. The average Bonchev–Trinajstić information content (AvgIpc) is 3.08. The maximum atomic E-state index is 13.8. The van der Waals surface area contributed by atoms with Gasteiger partial charge in [-0.1, -0.05) is 6.07 Å². The average molecular weight is 392 g/mol. The Balaban J connectivity index is 0.00000156. The van der Waals surface area contributed by atoms with Crippen LogP contribution in [0.4, 0.5) is 4.39 Å². The molecule has 7 heteroatoms. The molecule has 4 nitrogen and oxygen atoms in total. The molecular formula is C18H28Cl2FN3O. The fourth-order valence-corrected chi connectivity index (χ4v) is 4.23. The lowest BCUT2D eigenvalue weighted by molar-refractivity contribution is -0.127. The Labute approximate surface area is 161 Å². The number of rotatable bonds is 5. The lowest BCUT2D eigenvalue weighted by Crippen LogP contribution is -2.45. The van der Waals surface area contributed by atoms with Crippen LogP contribution in [0.5, 0.6) is 0 Å². The number of nitrogens with two attached hydrogens (primary N) is 1. The number of hydrogen-bond acceptors (Lipinski definition) is 3. The second-order valence-corrected chi connectivity index (χ2v) is 7.32. The molecule has 0 aromatic heterocycles. The highest BCUT2D eigenvalue weighted by atomic mass is 35.5. The summed E-state index contributed by atoms with van der Waals surface area (Å²) in [4.78, 5) is 14.4. The third-order valence-electron chi connectivity index (χ3n) is 5.35. The van der Waals surface area contributed by atoms with Crippen molar-refractivity contribution in [3.63, 3.8) is 0 Å². The van der Waals surface area contributed by atoms with Crippen molar-refractivity contribution in [1.82, 2.24) is 10.2 Å². The number of amides is 1. The fraction of sp³-hybridized carbons (Fsp3) is 0.611. The van der Waals surface area contributed by atoms with E-state index in [1.807, 2.05) is 25.1 Å². The van der Waals surface area contributed by atoms with Crippen molar-refractivity contribution in [2.75, 3.05) is 14.1 Å². The van der Waals surface area contributed by atoms with Gasteiger partial charge in [-0.05, 0) is 62.9 Å². The molecule has 2 fully saturated rings. The monoisotopic (exact) mass is 391 g/mol. The summed E-state index contributed by atoms with van der Waals surface area (Å²) >= 11 is 0. The van der Waals surface area contributed by atoms with Crippen molar-refractivity contribution in [2.45, 2.75) is 38.4 Å². The van der Waals surface area contributed by atoms with Crippen molar-refractivity contribution in [2.24, 2.45) is 23.5 Å². The molecule has 2 saturated carbocycles. The summed E-state index contributed by atoms with van der Waals surface area (Å²) < 4.78 is 13.8. The Morgan fingerprint density at radius 1 is 1.28 bits per heavy atom. The molecule has 2 aliphatic rings. The van der Waals surface area contributed by atoms with Gasteiger partial charge in [0.05, 0.1) is 5.92 Å². The molecule has 1 amide bonds. The molecule has 3 rings (SSSR count). The molecule has 2 bridgehead atoms. The van der Waals surface area contributed by atoms with E-state index in [0.717, 1.165) is 18.4 Å². The van der Waals surface area contributed by atoms with E-state index in [1.165, 1.54) is 12.5 Å². The van der Waals surface area contributed by atoms with Crippen molar-refractivity contribution >= 4 is 30.7 Å². The minimum atomic E-state index is -0.205. The fourth-order valence-electron chi connectivity index (χ4n) is 4.23. The summed E-state index contributed by atoms with van der Waals surface area (Å²) in [7, 11) is 3.81. The molecule has 0 spiro atoms. The quantitative estimate of drug-likeness (QED) is 0.810. The van der Waals surface area contributed by atoms with Crippen molar-refractivity contribution in [3.05, 3.63) is 35.1 Å². The van der Waals surface area contributed by atoms with Crippen LogP contribution in [0.2, 0.25) is 0 Å². The molecule has 4 unspecified atom stereocenters. The SMILES string of the molecule is CN(C)Cc1cc(CNC(=O)C2C3CCC(C3)C2N)ccc1F.Cl.Cl. The Morgan fingerprint density at radius 2 is 1.96 bits per heavy atom. The molecule has 1 aromatic carbocycles. The van der Waals surface area contributed by atoms with Crippen LogP contribution < -0.4 is 11.1 Å². The van der Waals surface area contributed by atoms with Crippen molar-refractivity contribution < 1.29 is 9.18 Å². The van der Waals surface area contributed by atoms with Gasteiger partial charge in [-0.15, -0.1) is 24.8 Å². The second-order valence-electron chi connectivity index (χ2n) is 7.32. The van der Waals surface area contributed by atoms with Crippen LogP contribution >= 0.6 is 24.8 Å². The van der Waals surface area contributed by atoms with Gasteiger partial charge in [-0.3, -0.25) is 4.79 Å². The Kier molecular flexibility index (Phi) is 8.13. The van der Waals surface area contributed by atoms with E-state index in [9.17, 15) is 9.18 Å². The summed E-state index contributed by atoms with van der Waals surface area (Å²) in [6.45, 7) is 0.977. The topological polar surface area (TPSA) is 58.4 Å². The van der Waals surface area contributed by atoms with Gasteiger partial charge in [0.1, 0.15) is 5.82 Å². The molecule has 4 atom stereocenters. The van der Waals surface area contributed by atoms with Crippen LogP contribution in [0.25, 0.3) is 0 Å². The zero-order chi connectivity index (χ0) is 16.6. The smallest absolute Gasteiger partial charge is 0.225 e. The zero-order valence-corrected chi connectivity index (χ0v) is 16.3. The van der Waals surface area contributed by atoms with E-state index in [4.69, 9.17) is 5.73 Å². The first-order chi connectivity index (χ1) is 11.0. The molecule has 0 heterocycles. The minimum Gasteiger partial charge on any atom is -0.352 e. The molecule has 0 saturated heterocycles. The number of benzene rings is 1. The first-order valence-corrected chi connectivity index (χ1v) is 8.41. The summed E-state index contributed by atoms with van der Waals surface area (Å²) in [6, 6.07) is 5.04. The number of nitrogens with one attached hydrogen (secondary N) is 1. The Morgan fingerprint density at radius 3 is 2.56 bits per heavy atom. The van der Waals surface area contributed by atoms with E-state index in [0.29, 0.717) is 30.5 Å². The van der Waals surface area contributed by atoms with Gasteiger partial charge >= 0.3 is 0 Å². The summed E-state index contributed by atoms with van der Waals surface area (Å²) in [5.74, 6) is 0.781. The van der Waals surface area contributed by atoms with Gasteiger partial charge < -0.3 is 16.0 Å². The highest BCUT2D eigenvalue weighted by Gasteiger charge is 2.48. The number of halogens is 3. The molecule has 25 heavy (non-hydrogen) atoms. The van der Waals surface area contributed by atoms with Gasteiger partial charge in [0.25, 0.3) is 0 Å². The Bertz CT molecular complexity index is 598. The summed E-state index contributed by atoms with van der Waals surface area (Å²) in [5.41, 5.74) is 7.79. The molecule has 0 radical (unpaired) electrons. The minimum absolute atomic E-state index is 0. The van der Waals surface area contributed by atoms with Gasteiger partial charge in [0, 0.05) is 24.7 Å². The maximum Gasteiger partial charge on any atom is 0.225 e. The standard InChI is InChI=1S/C18H26FN3O.2ClH/c1-22(2)10-14-7-11(3-6-15(14)19)9-21-18(23)16-12-4-5-13(8-12)17(16)20;;/h3,6-7,12-13,16-17H,4-5,8-10,20H2,1-2H3,(H,21,23);2*1H. The molecule has 0 aliphatic heterocycles. The third kappa shape index (κ3) is 4.85. The van der Waals surface area contributed by atoms with Crippen molar-refractivity contribution in [1.29, 1.82) is 0 Å². The van der Waals surface area contributed by atoms with E-state index in [1.54, 1.807) is 6.07 Å². The third-order valence-corrected chi connectivity index (χ3v) is 5.35. The first kappa shape index (κ1) is 22.2. The molecule has 142 valence electrons. The molecule has 2 aliphatic carbocycles. The summed E-state index contributed by atoms with van der Waals surface area (Å²) in [6.07, 6.45) is 3.39. The number of nitrogens with zero attached hydrogens (tertiary/aromatic N) is 1. The van der Waals surface area contributed by atoms with E-state index < -0.39 is 0 Å². The van der Waals surface area contributed by atoms with Crippen LogP contribution in [0, 0.1) is 23.6 Å². The zero-order valence-electron chi connectivity index (χ0n) is 14.7. The summed E-state index contributed by atoms with van der Waals surface area (Å²) in [5, 5.41) is 3.00. The highest BCUT2D eigenvalue weighted by Crippen LogP contribution is 2.47. The lowest BCUT2D eigenvalue weighted by Gasteiger charge is -2.27. The van der Waals surface area contributed by atoms with Gasteiger partial charge in [0.2, 0.25) is 5.91 Å². The van der Waals surface area contributed by atoms with E-state index in [2.05, 4.69) is 5.32 Å². The van der Waals surface area contributed by atoms with Gasteiger partial charge in [0.15, 0.2) is 0 Å². The molecule has 3 N–H and O–H groups in total. The lowest BCUT2D eigenvalue weighted by atomic mass is 9.84. The number of carbonyl (C=O) groups excluding carboxylic acids is 1. The predicted molar refractivity (Wildman–Crippen MR) is 102 cm³/mol. The number of hydrogen-bond donors (Lipinski definition) is 2. The van der Waals surface area contributed by atoms with Crippen LogP contribution in [-0.2, 0) is 17.9 Å². The van der Waals surface area contributed by atoms with Crippen LogP contribution in [0.1, 0.15) is 30.4 Å². The normalized spacial score (nSPS) is 26.9. The van der Waals surface area contributed by atoms with E-state index >= 15 is 0 Å². The van der Waals surface area contributed by atoms with Gasteiger partial charge in [-0.2, -0.15) is 0 Å². The maximum absolute atomic E-state index is 13.8. The Hall–Kier alpha value is -0.880. The first-order valence-electron chi connectivity index (χ1n) is 8.41. The molecular weight excluding hydrogens is 364 g/mol. The molecule has 1 aromatic rings. The largest absolute Gasteiger partial charge is 0.352 e. The highest BCUT2D eigenvalue weighted by molar-refractivity contribution is 5.85. The van der Waals surface area contributed by atoms with Crippen LogP contribution in [0.3, 0.4) is 0 Å². The van der Waals surface area contributed by atoms with Crippen molar-refractivity contribution in [3.8, 4) is 0 Å². The van der Waals surface area contributed by atoms with Crippen LogP contribution in [0.15, 0.2) is 18.2 Å². The van der Waals surface area contributed by atoms with Crippen LogP contribution in [-0.4, -0.2) is 30.9 Å². The second kappa shape index (κ2) is 9.17. The van der Waals surface area contributed by atoms with E-state index in [-0.39, 0.29) is 48.5 Å². The van der Waals surface area contributed by atoms with Gasteiger partial charge in [-0.25, -0.2) is 4.39 Å².